The van der Waals surface area contributed by atoms with Gasteiger partial charge in [0.25, 0.3) is 0 Å². The lowest BCUT2D eigenvalue weighted by Crippen LogP contribution is -2.14. The molecular weight excluding hydrogens is 258 g/mol. The first kappa shape index (κ1) is 14.5. The Kier molecular flexibility index (Phi) is 6.23. The average molecular weight is 273 g/mol. The smallest absolute Gasteiger partial charge is 0.325 e. The number of hydrogen-bond donors (Lipinski definition) is 2. The van der Waals surface area contributed by atoms with Gasteiger partial charge in [0.1, 0.15) is 6.54 Å². The van der Waals surface area contributed by atoms with Crippen molar-refractivity contribution in [3.05, 3.63) is 12.4 Å². The summed E-state index contributed by atoms with van der Waals surface area (Å²) in [4.78, 5) is 21.9. The Morgan fingerprint density at radius 3 is 3.06 bits per heavy atom. The molecule has 18 heavy (non-hydrogen) atoms. The molecule has 0 atom stereocenters. The molecule has 0 aliphatic heterocycles. The van der Waals surface area contributed by atoms with Crippen LogP contribution in [0.4, 0.5) is 5.69 Å². The van der Waals surface area contributed by atoms with Crippen molar-refractivity contribution in [1.82, 2.24) is 9.78 Å². The van der Waals surface area contributed by atoms with Crippen molar-refractivity contribution in [2.45, 2.75) is 6.54 Å². The first-order valence-electron chi connectivity index (χ1n) is 5.22. The average Bonchev–Trinajstić information content (AvgIpc) is 2.71. The van der Waals surface area contributed by atoms with Gasteiger partial charge in [0.15, 0.2) is 0 Å². The van der Waals surface area contributed by atoms with Gasteiger partial charge in [-0.25, -0.2) is 0 Å². The number of amides is 1. The van der Waals surface area contributed by atoms with Crippen LogP contribution in [-0.4, -0.2) is 52.0 Å². The Labute approximate surface area is 108 Å². The van der Waals surface area contributed by atoms with E-state index in [2.05, 4.69) is 10.4 Å². The monoisotopic (exact) mass is 273 g/mol. The molecule has 1 aromatic rings. The van der Waals surface area contributed by atoms with E-state index in [0.29, 0.717) is 18.0 Å². The fourth-order valence-electron chi connectivity index (χ4n) is 1.16. The molecule has 0 fully saturated rings. The third-order valence-corrected chi connectivity index (χ3v) is 2.80. The highest BCUT2D eigenvalue weighted by molar-refractivity contribution is 7.99. The Balaban J connectivity index is 2.31. The van der Waals surface area contributed by atoms with Gasteiger partial charge in [-0.1, -0.05) is 0 Å². The molecule has 1 aromatic heterocycles. The van der Waals surface area contributed by atoms with Crippen LogP contribution in [0.25, 0.3) is 0 Å². The molecule has 7 nitrogen and oxygen atoms in total. The standard InChI is InChI=1S/C10H15N3O4S/c1-17-2-3-18-7-9(14)12-8-4-11-13(5-8)6-10(15)16/h4-5H,2-3,6-7H2,1H3,(H,12,14)(H,15,16). The molecule has 0 bridgehead atoms. The van der Waals surface area contributed by atoms with Gasteiger partial charge in [-0.2, -0.15) is 5.10 Å². The number of carboxylic acid groups (broad SMARTS) is 1. The van der Waals surface area contributed by atoms with Crippen molar-refractivity contribution in [2.24, 2.45) is 0 Å². The van der Waals surface area contributed by atoms with E-state index in [0.717, 1.165) is 5.75 Å². The molecule has 0 aromatic carbocycles. The zero-order valence-corrected chi connectivity index (χ0v) is 10.8. The summed E-state index contributed by atoms with van der Waals surface area (Å²) in [5.41, 5.74) is 0.494. The number of nitrogens with one attached hydrogen (secondary N) is 1. The molecule has 0 unspecified atom stereocenters. The molecular formula is C10H15N3O4S. The summed E-state index contributed by atoms with van der Waals surface area (Å²) in [7, 11) is 1.61. The number of carboxylic acids is 1. The van der Waals surface area contributed by atoms with Crippen molar-refractivity contribution in [3.8, 4) is 0 Å². The van der Waals surface area contributed by atoms with Crippen molar-refractivity contribution in [1.29, 1.82) is 0 Å². The van der Waals surface area contributed by atoms with Crippen molar-refractivity contribution in [2.75, 3.05) is 30.5 Å². The number of carbonyl (C=O) groups is 2. The number of hydrogen-bond acceptors (Lipinski definition) is 5. The van der Waals surface area contributed by atoms with E-state index in [1.54, 1.807) is 7.11 Å². The molecule has 0 saturated heterocycles. The molecule has 8 heteroatoms. The minimum absolute atomic E-state index is 0.147. The molecule has 0 radical (unpaired) electrons. The van der Waals surface area contributed by atoms with Crippen molar-refractivity contribution < 1.29 is 19.4 Å². The van der Waals surface area contributed by atoms with E-state index in [4.69, 9.17) is 9.84 Å². The zero-order valence-electron chi connectivity index (χ0n) is 9.96. The number of rotatable bonds is 8. The van der Waals surface area contributed by atoms with E-state index >= 15 is 0 Å². The largest absolute Gasteiger partial charge is 0.480 e. The quantitative estimate of drug-likeness (QED) is 0.661. The Bertz CT molecular complexity index is 408. The van der Waals surface area contributed by atoms with E-state index < -0.39 is 5.97 Å². The molecule has 0 aliphatic rings. The van der Waals surface area contributed by atoms with Crippen molar-refractivity contribution >= 4 is 29.3 Å². The molecule has 0 saturated carbocycles. The molecule has 1 rings (SSSR count). The molecule has 2 N–H and O–H groups in total. The van der Waals surface area contributed by atoms with E-state index in [1.807, 2.05) is 0 Å². The highest BCUT2D eigenvalue weighted by atomic mass is 32.2. The molecule has 1 heterocycles. The van der Waals surface area contributed by atoms with Crippen LogP contribution >= 0.6 is 11.8 Å². The first-order chi connectivity index (χ1) is 8.61. The lowest BCUT2D eigenvalue weighted by Gasteiger charge is -2.02. The number of thioether (sulfide) groups is 1. The highest BCUT2D eigenvalue weighted by Crippen LogP contribution is 2.06. The predicted molar refractivity (Wildman–Crippen MR) is 67.7 cm³/mol. The van der Waals surface area contributed by atoms with Gasteiger partial charge in [-0.15, -0.1) is 11.8 Å². The minimum atomic E-state index is -0.980. The van der Waals surface area contributed by atoms with Crippen LogP contribution in [-0.2, 0) is 20.9 Å². The van der Waals surface area contributed by atoms with Crippen LogP contribution in [0.2, 0.25) is 0 Å². The van der Waals surface area contributed by atoms with E-state index in [-0.39, 0.29) is 12.5 Å². The fraction of sp³-hybridized carbons (Fsp3) is 0.500. The summed E-state index contributed by atoms with van der Waals surface area (Å²) in [5, 5.41) is 15.0. The summed E-state index contributed by atoms with van der Waals surface area (Å²) in [5.74, 6) is -0.0487. The zero-order chi connectivity index (χ0) is 13.4. The fourth-order valence-corrected chi connectivity index (χ4v) is 1.84. The maximum atomic E-state index is 11.5. The topological polar surface area (TPSA) is 93.5 Å². The van der Waals surface area contributed by atoms with Crippen LogP contribution in [0.5, 0.6) is 0 Å². The first-order valence-corrected chi connectivity index (χ1v) is 6.38. The SMILES string of the molecule is COCCSCC(=O)Nc1cnn(CC(=O)O)c1. The van der Waals surface area contributed by atoms with Crippen LogP contribution in [0.15, 0.2) is 12.4 Å². The summed E-state index contributed by atoms with van der Waals surface area (Å²) >= 11 is 1.46. The number of aromatic nitrogens is 2. The normalized spacial score (nSPS) is 10.3. The van der Waals surface area contributed by atoms with Gasteiger partial charge in [0, 0.05) is 19.1 Å². The van der Waals surface area contributed by atoms with Gasteiger partial charge < -0.3 is 15.2 Å². The number of ether oxygens (including phenoxy) is 1. The third-order valence-electron chi connectivity index (χ3n) is 1.88. The lowest BCUT2D eigenvalue weighted by molar-refractivity contribution is -0.137. The van der Waals surface area contributed by atoms with Gasteiger partial charge >= 0.3 is 5.97 Å². The van der Waals surface area contributed by atoms with Gasteiger partial charge in [-0.3, -0.25) is 14.3 Å². The van der Waals surface area contributed by atoms with Crippen LogP contribution < -0.4 is 5.32 Å². The second-order valence-corrected chi connectivity index (χ2v) is 4.52. The summed E-state index contributed by atoms with van der Waals surface area (Å²) in [6.45, 7) is 0.382. The molecule has 0 spiro atoms. The number of methoxy groups -OCH3 is 1. The molecule has 1 amide bonds. The van der Waals surface area contributed by atoms with Gasteiger partial charge in [0.2, 0.25) is 5.91 Å². The lowest BCUT2D eigenvalue weighted by atomic mass is 10.5. The van der Waals surface area contributed by atoms with Gasteiger partial charge in [0.05, 0.1) is 24.2 Å². The van der Waals surface area contributed by atoms with Crippen LogP contribution in [0.1, 0.15) is 0 Å². The second-order valence-electron chi connectivity index (χ2n) is 3.41. The number of anilines is 1. The maximum Gasteiger partial charge on any atom is 0.325 e. The Hall–Kier alpha value is -1.54. The molecule has 0 aliphatic carbocycles. The van der Waals surface area contributed by atoms with Gasteiger partial charge in [-0.05, 0) is 0 Å². The maximum absolute atomic E-state index is 11.5. The van der Waals surface area contributed by atoms with Crippen molar-refractivity contribution in [3.63, 3.8) is 0 Å². The summed E-state index contributed by atoms with van der Waals surface area (Å²) in [6.07, 6.45) is 2.90. The summed E-state index contributed by atoms with van der Waals surface area (Å²) < 4.78 is 6.11. The van der Waals surface area contributed by atoms with E-state index in [1.165, 1.54) is 28.8 Å². The number of carbonyl (C=O) groups excluding carboxylic acids is 1. The Morgan fingerprint density at radius 2 is 2.39 bits per heavy atom. The number of nitrogens with zero attached hydrogens (tertiary/aromatic N) is 2. The second kappa shape index (κ2) is 7.72. The third kappa shape index (κ3) is 5.69. The molecule has 100 valence electrons. The summed E-state index contributed by atoms with van der Waals surface area (Å²) in [6, 6.07) is 0. The highest BCUT2D eigenvalue weighted by Gasteiger charge is 2.06. The minimum Gasteiger partial charge on any atom is -0.480 e. The predicted octanol–water partition coefficient (Wildman–Crippen LogP) is 0.286. The van der Waals surface area contributed by atoms with Crippen LogP contribution in [0.3, 0.4) is 0 Å². The Morgan fingerprint density at radius 1 is 1.61 bits per heavy atom. The van der Waals surface area contributed by atoms with E-state index in [9.17, 15) is 9.59 Å². The van der Waals surface area contributed by atoms with Crippen LogP contribution in [0, 0.1) is 0 Å². The number of aliphatic carboxylic acids is 1.